The number of thiazole rings is 1. The Hall–Kier alpha value is -3.46. The summed E-state index contributed by atoms with van der Waals surface area (Å²) in [5.74, 6) is -0.211. The van der Waals surface area contributed by atoms with E-state index < -0.39 is 5.91 Å². The summed E-state index contributed by atoms with van der Waals surface area (Å²) in [7, 11) is 0. The van der Waals surface area contributed by atoms with Gasteiger partial charge in [-0.3, -0.25) is 14.8 Å². The first-order chi connectivity index (χ1) is 12.8. The molecule has 26 heavy (non-hydrogen) atoms. The van der Waals surface area contributed by atoms with Crippen molar-refractivity contribution in [3.05, 3.63) is 65.3 Å². The van der Waals surface area contributed by atoms with Crippen LogP contribution in [-0.2, 0) is 6.54 Å². The highest BCUT2D eigenvalue weighted by molar-refractivity contribution is 7.09. The predicted molar refractivity (Wildman–Crippen MR) is 94.0 cm³/mol. The van der Waals surface area contributed by atoms with Crippen molar-refractivity contribution in [1.82, 2.24) is 30.4 Å². The summed E-state index contributed by atoms with van der Waals surface area (Å²) in [5.41, 5.74) is 2.48. The van der Waals surface area contributed by atoms with Crippen LogP contribution in [0, 0.1) is 0 Å². The molecule has 1 N–H and O–H groups in total. The van der Waals surface area contributed by atoms with Crippen molar-refractivity contribution in [3.8, 4) is 22.7 Å². The summed E-state index contributed by atoms with van der Waals surface area (Å²) < 4.78 is 5.10. The van der Waals surface area contributed by atoms with Gasteiger partial charge in [-0.1, -0.05) is 5.16 Å². The fourth-order valence-electron chi connectivity index (χ4n) is 2.20. The van der Waals surface area contributed by atoms with Crippen LogP contribution in [0.3, 0.4) is 0 Å². The lowest BCUT2D eigenvalue weighted by molar-refractivity contribution is 0.0937. The molecule has 0 aliphatic heterocycles. The van der Waals surface area contributed by atoms with E-state index in [1.807, 2.05) is 17.5 Å². The van der Waals surface area contributed by atoms with Crippen molar-refractivity contribution in [1.29, 1.82) is 0 Å². The maximum atomic E-state index is 12.2. The highest BCUT2D eigenvalue weighted by Crippen LogP contribution is 2.21. The molecule has 4 heterocycles. The van der Waals surface area contributed by atoms with Gasteiger partial charge < -0.3 is 9.84 Å². The number of carbonyl (C=O) groups is 1. The molecule has 0 fully saturated rings. The van der Waals surface area contributed by atoms with E-state index in [9.17, 15) is 4.79 Å². The molecule has 0 aromatic carbocycles. The summed E-state index contributed by atoms with van der Waals surface area (Å²) >= 11 is 1.46. The van der Waals surface area contributed by atoms with E-state index in [1.165, 1.54) is 11.3 Å². The minimum atomic E-state index is -0.426. The van der Waals surface area contributed by atoms with Gasteiger partial charge in [0.25, 0.3) is 17.6 Å². The lowest BCUT2D eigenvalue weighted by Crippen LogP contribution is -2.23. The number of rotatable bonds is 5. The van der Waals surface area contributed by atoms with Crippen molar-refractivity contribution >= 4 is 17.2 Å². The van der Waals surface area contributed by atoms with Crippen LogP contribution in [0.1, 0.15) is 15.6 Å². The van der Waals surface area contributed by atoms with Crippen LogP contribution in [-0.4, -0.2) is 31.0 Å². The van der Waals surface area contributed by atoms with Gasteiger partial charge in [-0.05, 0) is 24.3 Å². The number of aromatic nitrogens is 5. The monoisotopic (exact) mass is 364 g/mol. The van der Waals surface area contributed by atoms with Crippen molar-refractivity contribution in [3.63, 3.8) is 0 Å². The first-order valence-corrected chi connectivity index (χ1v) is 8.54. The summed E-state index contributed by atoms with van der Waals surface area (Å²) in [6, 6.07) is 7.30. The van der Waals surface area contributed by atoms with E-state index in [0.29, 0.717) is 5.56 Å². The van der Waals surface area contributed by atoms with E-state index in [0.717, 1.165) is 16.3 Å². The molecule has 0 saturated heterocycles. The fourth-order valence-corrected chi connectivity index (χ4v) is 2.95. The van der Waals surface area contributed by atoms with Crippen LogP contribution in [0.5, 0.6) is 0 Å². The molecule has 4 rings (SSSR count). The molecule has 0 radical (unpaired) electrons. The predicted octanol–water partition coefficient (Wildman–Crippen LogP) is 2.58. The quantitative estimate of drug-likeness (QED) is 0.580. The van der Waals surface area contributed by atoms with Crippen LogP contribution < -0.4 is 5.32 Å². The van der Waals surface area contributed by atoms with E-state index in [1.54, 1.807) is 36.9 Å². The molecule has 128 valence electrons. The number of carbonyl (C=O) groups excluding carboxylic acids is 1. The molecular formula is C17H12N6O2S. The van der Waals surface area contributed by atoms with Crippen molar-refractivity contribution in [2.75, 3.05) is 0 Å². The Morgan fingerprint density at radius 1 is 1.08 bits per heavy atom. The smallest absolute Gasteiger partial charge is 0.293 e. The molecule has 4 aromatic rings. The Kier molecular flexibility index (Phi) is 4.44. The summed E-state index contributed by atoms with van der Waals surface area (Å²) in [6.07, 6.45) is 6.66. The third kappa shape index (κ3) is 3.47. The Morgan fingerprint density at radius 3 is 2.77 bits per heavy atom. The average molecular weight is 364 g/mol. The number of pyridine rings is 2. The highest BCUT2D eigenvalue weighted by Gasteiger charge is 2.16. The minimum absolute atomic E-state index is 0.0326. The highest BCUT2D eigenvalue weighted by atomic mass is 32.1. The summed E-state index contributed by atoms with van der Waals surface area (Å²) in [6.45, 7) is 0.283. The van der Waals surface area contributed by atoms with Gasteiger partial charge in [0.15, 0.2) is 0 Å². The minimum Gasteiger partial charge on any atom is -0.343 e. The van der Waals surface area contributed by atoms with Gasteiger partial charge in [0.1, 0.15) is 5.01 Å². The zero-order valence-electron chi connectivity index (χ0n) is 13.4. The molecule has 4 aromatic heterocycles. The van der Waals surface area contributed by atoms with Crippen molar-refractivity contribution in [2.45, 2.75) is 6.54 Å². The number of amides is 1. The van der Waals surface area contributed by atoms with Crippen LogP contribution in [0.2, 0.25) is 0 Å². The SMILES string of the molecule is O=C(NCc1nc(-c2ccncc2)cs1)c1noc(-c2cccnc2)n1. The molecular weight excluding hydrogens is 352 g/mol. The Labute approximate surface area is 152 Å². The van der Waals surface area contributed by atoms with Crippen LogP contribution >= 0.6 is 11.3 Å². The van der Waals surface area contributed by atoms with Crippen molar-refractivity contribution in [2.24, 2.45) is 0 Å². The number of hydrogen-bond donors (Lipinski definition) is 1. The lowest BCUT2D eigenvalue weighted by Gasteiger charge is -1.98. The summed E-state index contributed by atoms with van der Waals surface area (Å²) in [4.78, 5) is 28.8. The Morgan fingerprint density at radius 2 is 1.96 bits per heavy atom. The van der Waals surface area contributed by atoms with Gasteiger partial charge in [-0.2, -0.15) is 4.98 Å². The summed E-state index contributed by atoms with van der Waals surface area (Å²) in [5, 5.41) is 9.16. The molecule has 0 atom stereocenters. The average Bonchev–Trinajstić information content (AvgIpc) is 3.37. The number of nitrogens with one attached hydrogen (secondary N) is 1. The third-order valence-electron chi connectivity index (χ3n) is 3.47. The van der Waals surface area contributed by atoms with Gasteiger partial charge >= 0.3 is 0 Å². The molecule has 8 nitrogen and oxygen atoms in total. The zero-order valence-corrected chi connectivity index (χ0v) is 14.2. The molecule has 0 spiro atoms. The first kappa shape index (κ1) is 16.0. The zero-order chi connectivity index (χ0) is 17.8. The number of hydrogen-bond acceptors (Lipinski definition) is 8. The van der Waals surface area contributed by atoms with Crippen LogP contribution in [0.15, 0.2) is 59.0 Å². The van der Waals surface area contributed by atoms with E-state index in [-0.39, 0.29) is 18.3 Å². The van der Waals surface area contributed by atoms with Crippen LogP contribution in [0.4, 0.5) is 0 Å². The second-order valence-corrected chi connectivity index (χ2v) is 6.15. The van der Waals surface area contributed by atoms with Gasteiger partial charge in [0, 0.05) is 35.7 Å². The normalized spacial score (nSPS) is 10.6. The number of nitrogens with zero attached hydrogens (tertiary/aromatic N) is 5. The topological polar surface area (TPSA) is 107 Å². The standard InChI is InChI=1S/C17H12N6O2S/c24-16(15-22-17(25-23-15)12-2-1-5-19-8-12)20-9-14-21-13(10-26-14)11-3-6-18-7-4-11/h1-8,10H,9H2,(H,20,24). The van der Waals surface area contributed by atoms with Gasteiger partial charge in [0.2, 0.25) is 0 Å². The molecule has 1 amide bonds. The maximum Gasteiger partial charge on any atom is 0.293 e. The second-order valence-electron chi connectivity index (χ2n) is 5.21. The van der Waals surface area contributed by atoms with E-state index >= 15 is 0 Å². The molecule has 0 aliphatic rings. The fraction of sp³-hybridized carbons (Fsp3) is 0.0588. The molecule has 0 bridgehead atoms. The third-order valence-corrected chi connectivity index (χ3v) is 4.31. The van der Waals surface area contributed by atoms with E-state index in [2.05, 4.69) is 30.4 Å². The first-order valence-electron chi connectivity index (χ1n) is 7.67. The van der Waals surface area contributed by atoms with Crippen molar-refractivity contribution < 1.29 is 9.32 Å². The molecule has 9 heteroatoms. The van der Waals surface area contributed by atoms with E-state index in [4.69, 9.17) is 4.52 Å². The second kappa shape index (κ2) is 7.19. The Balaban J connectivity index is 1.40. The lowest BCUT2D eigenvalue weighted by atomic mass is 10.2. The van der Waals surface area contributed by atoms with Crippen LogP contribution in [0.25, 0.3) is 22.7 Å². The maximum absolute atomic E-state index is 12.2. The largest absolute Gasteiger partial charge is 0.343 e. The molecule has 0 saturated carbocycles. The van der Waals surface area contributed by atoms with Gasteiger partial charge in [0.05, 0.1) is 17.8 Å². The van der Waals surface area contributed by atoms with Gasteiger partial charge in [-0.25, -0.2) is 4.98 Å². The molecule has 0 aliphatic carbocycles. The molecule has 0 unspecified atom stereocenters. The Bertz CT molecular complexity index is 1020. The van der Waals surface area contributed by atoms with Gasteiger partial charge in [-0.15, -0.1) is 11.3 Å².